The van der Waals surface area contributed by atoms with E-state index in [1.54, 1.807) is 17.5 Å². The zero-order chi connectivity index (χ0) is 17.8. The quantitative estimate of drug-likeness (QED) is 0.890. The maximum atomic E-state index is 12.7. The Labute approximate surface area is 151 Å². The van der Waals surface area contributed by atoms with Crippen LogP contribution in [0.1, 0.15) is 47.8 Å². The Kier molecular flexibility index (Phi) is 5.43. The fourth-order valence-corrected chi connectivity index (χ4v) is 3.70. The molecule has 2 aromatic rings. The van der Waals surface area contributed by atoms with E-state index in [-0.39, 0.29) is 17.9 Å². The second kappa shape index (κ2) is 7.74. The first-order valence-electron chi connectivity index (χ1n) is 8.42. The Balaban J connectivity index is 1.66. The summed E-state index contributed by atoms with van der Waals surface area (Å²) in [5.74, 6) is 0.0471. The van der Waals surface area contributed by atoms with Gasteiger partial charge in [-0.15, -0.1) is 11.3 Å². The smallest absolute Gasteiger partial charge is 0.229 e. The summed E-state index contributed by atoms with van der Waals surface area (Å²) in [6.07, 6.45) is 4.04. The first-order chi connectivity index (χ1) is 12.0. The van der Waals surface area contributed by atoms with Gasteiger partial charge in [0.25, 0.3) is 0 Å². The predicted molar refractivity (Wildman–Crippen MR) is 96.0 cm³/mol. The highest BCUT2D eigenvalue weighted by Crippen LogP contribution is 2.31. The van der Waals surface area contributed by atoms with Crippen LogP contribution >= 0.6 is 11.3 Å². The first kappa shape index (κ1) is 17.5. The normalized spacial score (nSPS) is 16.9. The number of aryl methyl sites for hydroxylation is 1. The van der Waals surface area contributed by atoms with Gasteiger partial charge in [-0.25, -0.2) is 4.98 Å². The minimum absolute atomic E-state index is 0.0297. The highest BCUT2D eigenvalue weighted by molar-refractivity contribution is 7.09. The van der Waals surface area contributed by atoms with E-state index in [2.05, 4.69) is 15.3 Å². The number of likely N-dealkylation sites (tertiary alicyclic amines) is 1. The molecular formula is C18H22N4O2S. The Hall–Kier alpha value is -2.28. The van der Waals surface area contributed by atoms with Crippen molar-refractivity contribution in [3.8, 4) is 0 Å². The number of hydrogen-bond acceptors (Lipinski definition) is 5. The third kappa shape index (κ3) is 4.42. The minimum Gasteiger partial charge on any atom is -0.352 e. The molecule has 2 amide bonds. The zero-order valence-corrected chi connectivity index (χ0v) is 15.3. The average molecular weight is 358 g/mol. The van der Waals surface area contributed by atoms with Crippen LogP contribution in [0.5, 0.6) is 0 Å². The van der Waals surface area contributed by atoms with Gasteiger partial charge >= 0.3 is 0 Å². The fraction of sp³-hybridized carbons (Fsp3) is 0.444. The lowest BCUT2D eigenvalue weighted by Gasteiger charge is -2.24. The lowest BCUT2D eigenvalue weighted by molar-refractivity contribution is -0.131. The zero-order valence-electron chi connectivity index (χ0n) is 14.5. The molecule has 1 atom stereocenters. The van der Waals surface area contributed by atoms with E-state index < -0.39 is 0 Å². The third-order valence-electron chi connectivity index (χ3n) is 4.30. The molecule has 0 saturated carbocycles. The molecule has 1 fully saturated rings. The van der Waals surface area contributed by atoms with Crippen molar-refractivity contribution in [3.05, 3.63) is 45.7 Å². The molecule has 1 saturated heterocycles. The lowest BCUT2D eigenvalue weighted by Crippen LogP contribution is -2.32. The van der Waals surface area contributed by atoms with Gasteiger partial charge in [0.05, 0.1) is 28.9 Å². The molecule has 3 heterocycles. The number of amides is 2. The van der Waals surface area contributed by atoms with Crippen molar-refractivity contribution < 1.29 is 9.59 Å². The third-order valence-corrected chi connectivity index (χ3v) is 5.12. The van der Waals surface area contributed by atoms with E-state index in [1.165, 1.54) is 6.92 Å². The lowest BCUT2D eigenvalue weighted by atomic mass is 10.1. The molecule has 6 nitrogen and oxygen atoms in total. The highest BCUT2D eigenvalue weighted by atomic mass is 32.1. The van der Waals surface area contributed by atoms with Crippen LogP contribution in [-0.2, 0) is 22.6 Å². The number of aromatic nitrogens is 2. The predicted octanol–water partition coefficient (Wildman–Crippen LogP) is 2.39. The van der Waals surface area contributed by atoms with Crippen LogP contribution in [0.25, 0.3) is 0 Å². The molecule has 0 bridgehead atoms. The molecule has 2 aromatic heterocycles. The van der Waals surface area contributed by atoms with Gasteiger partial charge in [0, 0.05) is 31.6 Å². The summed E-state index contributed by atoms with van der Waals surface area (Å²) in [4.78, 5) is 34.5. The van der Waals surface area contributed by atoms with Gasteiger partial charge in [-0.05, 0) is 31.4 Å². The summed E-state index contributed by atoms with van der Waals surface area (Å²) in [7, 11) is 0. The second-order valence-corrected chi connectivity index (χ2v) is 7.34. The number of pyridine rings is 1. The van der Waals surface area contributed by atoms with Crippen molar-refractivity contribution in [2.24, 2.45) is 0 Å². The van der Waals surface area contributed by atoms with E-state index in [4.69, 9.17) is 0 Å². The molecule has 1 aliphatic heterocycles. The van der Waals surface area contributed by atoms with Gasteiger partial charge in [-0.2, -0.15) is 0 Å². The molecule has 1 aliphatic rings. The summed E-state index contributed by atoms with van der Waals surface area (Å²) in [6, 6.07) is 3.95. The van der Waals surface area contributed by atoms with Crippen LogP contribution < -0.4 is 5.32 Å². The Bertz CT molecular complexity index is 757. The van der Waals surface area contributed by atoms with Crippen LogP contribution in [0, 0.1) is 6.92 Å². The fourth-order valence-electron chi connectivity index (χ4n) is 3.08. The number of nitrogens with zero attached hydrogens (tertiary/aromatic N) is 3. The van der Waals surface area contributed by atoms with Crippen molar-refractivity contribution in [2.45, 2.75) is 45.7 Å². The van der Waals surface area contributed by atoms with Gasteiger partial charge in [0.15, 0.2) is 0 Å². The van der Waals surface area contributed by atoms with Crippen LogP contribution in [0.3, 0.4) is 0 Å². The summed E-state index contributed by atoms with van der Waals surface area (Å²) >= 11 is 1.57. The van der Waals surface area contributed by atoms with Crippen molar-refractivity contribution in [1.82, 2.24) is 20.2 Å². The molecule has 0 radical (unpaired) electrons. The Morgan fingerprint density at radius 1 is 1.40 bits per heavy atom. The van der Waals surface area contributed by atoms with E-state index in [1.807, 2.05) is 29.3 Å². The Morgan fingerprint density at radius 2 is 2.24 bits per heavy atom. The molecule has 132 valence electrons. The minimum atomic E-state index is -0.0612. The molecule has 25 heavy (non-hydrogen) atoms. The molecular weight excluding hydrogens is 336 g/mol. The van der Waals surface area contributed by atoms with Gasteiger partial charge < -0.3 is 10.2 Å². The SMILES string of the molecule is CC(=O)NCc1ccc([C@@H]2CCCN2C(=O)Cc2csc(C)n2)nc1. The van der Waals surface area contributed by atoms with E-state index in [9.17, 15) is 9.59 Å². The number of carbonyl (C=O) groups excluding carboxylic acids is 2. The summed E-state index contributed by atoms with van der Waals surface area (Å²) in [6.45, 7) is 4.68. The number of carbonyl (C=O) groups is 2. The summed E-state index contributed by atoms with van der Waals surface area (Å²) in [5, 5.41) is 5.69. The van der Waals surface area contributed by atoms with Crippen molar-refractivity contribution >= 4 is 23.2 Å². The largest absolute Gasteiger partial charge is 0.352 e. The van der Waals surface area contributed by atoms with Crippen molar-refractivity contribution in [1.29, 1.82) is 0 Å². The number of rotatable bonds is 5. The molecule has 7 heteroatoms. The number of nitrogens with one attached hydrogen (secondary N) is 1. The van der Waals surface area contributed by atoms with Crippen LogP contribution in [0.15, 0.2) is 23.7 Å². The van der Waals surface area contributed by atoms with Gasteiger partial charge in [0.1, 0.15) is 0 Å². The average Bonchev–Trinajstić information content (AvgIpc) is 3.22. The molecule has 0 aromatic carbocycles. The molecule has 0 unspecified atom stereocenters. The topological polar surface area (TPSA) is 75.2 Å². The van der Waals surface area contributed by atoms with Crippen LogP contribution in [0.2, 0.25) is 0 Å². The first-order valence-corrected chi connectivity index (χ1v) is 9.30. The summed E-state index contributed by atoms with van der Waals surface area (Å²) in [5.41, 5.74) is 2.71. The second-order valence-electron chi connectivity index (χ2n) is 6.28. The Morgan fingerprint density at radius 3 is 2.88 bits per heavy atom. The van der Waals surface area contributed by atoms with E-state index in [0.717, 1.165) is 41.3 Å². The molecule has 0 spiro atoms. The van der Waals surface area contributed by atoms with Crippen molar-refractivity contribution in [2.75, 3.05) is 6.54 Å². The standard InChI is InChI=1S/C18H22N4O2S/c1-12(23)19-9-14-5-6-16(20-10-14)17-4-3-7-22(17)18(24)8-15-11-25-13(2)21-15/h5-6,10-11,17H,3-4,7-9H2,1-2H3,(H,19,23)/t17-/m0/s1. The van der Waals surface area contributed by atoms with Gasteiger partial charge in [0.2, 0.25) is 11.8 Å². The monoisotopic (exact) mass is 358 g/mol. The highest BCUT2D eigenvalue weighted by Gasteiger charge is 2.31. The van der Waals surface area contributed by atoms with Crippen molar-refractivity contribution in [3.63, 3.8) is 0 Å². The molecule has 3 rings (SSSR count). The molecule has 1 N–H and O–H groups in total. The maximum Gasteiger partial charge on any atom is 0.229 e. The van der Waals surface area contributed by atoms with E-state index >= 15 is 0 Å². The van der Waals surface area contributed by atoms with Crippen LogP contribution in [-0.4, -0.2) is 33.2 Å². The molecule has 0 aliphatic carbocycles. The summed E-state index contributed by atoms with van der Waals surface area (Å²) < 4.78 is 0. The van der Waals surface area contributed by atoms with Crippen LogP contribution in [0.4, 0.5) is 0 Å². The van der Waals surface area contributed by atoms with Gasteiger partial charge in [-0.3, -0.25) is 14.6 Å². The van der Waals surface area contributed by atoms with E-state index in [0.29, 0.717) is 13.0 Å². The van der Waals surface area contributed by atoms with Gasteiger partial charge in [-0.1, -0.05) is 6.07 Å². The maximum absolute atomic E-state index is 12.7. The number of thiazole rings is 1. The number of hydrogen-bond donors (Lipinski definition) is 1.